The molecule has 0 aliphatic heterocycles. The lowest BCUT2D eigenvalue weighted by Crippen LogP contribution is -2.10. The number of methoxy groups -OCH3 is 1. The lowest BCUT2D eigenvalue weighted by molar-refractivity contribution is -0.114. The van der Waals surface area contributed by atoms with Gasteiger partial charge in [0.1, 0.15) is 11.6 Å². The lowest BCUT2D eigenvalue weighted by Gasteiger charge is -2.22. The second-order valence-corrected chi connectivity index (χ2v) is 10.5. The van der Waals surface area contributed by atoms with Gasteiger partial charge in [-0.3, -0.25) is 4.79 Å². The molecule has 1 N–H and O–H groups in total. The molecule has 37 heavy (non-hydrogen) atoms. The molecule has 0 unspecified atom stereocenters. The molecule has 8 heteroatoms. The van der Waals surface area contributed by atoms with E-state index >= 15 is 0 Å². The first-order valence-corrected chi connectivity index (χ1v) is 13.2. The van der Waals surface area contributed by atoms with Crippen LogP contribution in [0.1, 0.15) is 13.8 Å². The predicted molar refractivity (Wildman–Crippen MR) is 142 cm³/mol. The normalized spacial score (nSPS) is 11.1. The first kappa shape index (κ1) is 25.9. The number of rotatable bonds is 8. The van der Waals surface area contributed by atoms with Crippen LogP contribution in [-0.4, -0.2) is 27.2 Å². The van der Waals surface area contributed by atoms with Crippen LogP contribution in [0.3, 0.4) is 0 Å². The van der Waals surface area contributed by atoms with E-state index in [1.165, 1.54) is 44.4 Å². The molecule has 0 heterocycles. The maximum absolute atomic E-state index is 14.0. The Balaban J connectivity index is 2.02. The van der Waals surface area contributed by atoms with Crippen molar-refractivity contribution in [2.75, 3.05) is 18.2 Å². The number of carbonyl (C=O) groups excluding carboxylic acids is 1. The van der Waals surface area contributed by atoms with Gasteiger partial charge >= 0.3 is 0 Å². The number of benzene rings is 4. The molecule has 0 bridgehead atoms. The lowest BCUT2D eigenvalue weighted by atomic mass is 9.95. The maximum atomic E-state index is 14.0. The molecular formula is C29H26FNO5S. The van der Waals surface area contributed by atoms with Crippen LogP contribution in [0.5, 0.6) is 17.2 Å². The zero-order valence-corrected chi connectivity index (χ0v) is 21.4. The number of sulfone groups is 1. The van der Waals surface area contributed by atoms with Crippen molar-refractivity contribution in [1.82, 2.24) is 0 Å². The summed E-state index contributed by atoms with van der Waals surface area (Å²) < 4.78 is 50.6. The zero-order chi connectivity index (χ0) is 26.6. The number of amides is 1. The van der Waals surface area contributed by atoms with Crippen molar-refractivity contribution in [3.8, 4) is 39.5 Å². The van der Waals surface area contributed by atoms with E-state index < -0.39 is 15.7 Å². The van der Waals surface area contributed by atoms with Gasteiger partial charge in [-0.05, 0) is 41.5 Å². The summed E-state index contributed by atoms with van der Waals surface area (Å²) >= 11 is 0. The highest BCUT2D eigenvalue weighted by Crippen LogP contribution is 2.50. The molecule has 1 amide bonds. The first-order valence-electron chi connectivity index (χ1n) is 11.6. The number of carbonyl (C=O) groups is 1. The Bertz CT molecular complexity index is 1540. The van der Waals surface area contributed by atoms with Crippen LogP contribution < -0.4 is 14.8 Å². The topological polar surface area (TPSA) is 81.7 Å². The van der Waals surface area contributed by atoms with Crippen LogP contribution in [0.15, 0.2) is 89.8 Å². The van der Waals surface area contributed by atoms with E-state index in [-0.39, 0.29) is 28.1 Å². The molecule has 0 aromatic heterocycles. The van der Waals surface area contributed by atoms with Gasteiger partial charge in [-0.1, -0.05) is 55.5 Å². The van der Waals surface area contributed by atoms with E-state index in [2.05, 4.69) is 5.32 Å². The molecule has 0 aliphatic rings. The van der Waals surface area contributed by atoms with Crippen molar-refractivity contribution >= 4 is 21.4 Å². The number of halogens is 1. The van der Waals surface area contributed by atoms with Crippen LogP contribution in [0, 0.1) is 5.82 Å². The molecule has 0 atom stereocenters. The van der Waals surface area contributed by atoms with Gasteiger partial charge in [-0.25, -0.2) is 12.8 Å². The van der Waals surface area contributed by atoms with Crippen LogP contribution in [0.4, 0.5) is 10.1 Å². The quantitative estimate of drug-likeness (QED) is 0.280. The van der Waals surface area contributed by atoms with Crippen LogP contribution in [-0.2, 0) is 14.6 Å². The number of hydrogen-bond donors (Lipinski definition) is 1. The second kappa shape index (κ2) is 10.8. The van der Waals surface area contributed by atoms with Crippen LogP contribution in [0.25, 0.3) is 22.3 Å². The van der Waals surface area contributed by atoms with Crippen LogP contribution >= 0.6 is 0 Å². The third-order valence-electron chi connectivity index (χ3n) is 5.75. The molecule has 0 saturated heterocycles. The fraction of sp³-hybridized carbons (Fsp3) is 0.138. The van der Waals surface area contributed by atoms with Gasteiger partial charge in [-0.15, -0.1) is 0 Å². The SMILES string of the molecule is CCS(=O)(=O)c1ccc(-c2cc(-c3ccccc3)c(OC)c(Oc3cccc(F)c3)c2NC(C)=O)cc1. The van der Waals surface area contributed by atoms with Crippen molar-refractivity contribution in [2.24, 2.45) is 0 Å². The van der Waals surface area contributed by atoms with E-state index in [0.29, 0.717) is 28.1 Å². The first-order chi connectivity index (χ1) is 17.7. The highest BCUT2D eigenvalue weighted by atomic mass is 32.2. The Kier molecular flexibility index (Phi) is 7.59. The molecule has 0 fully saturated rings. The minimum atomic E-state index is -3.39. The van der Waals surface area contributed by atoms with Crippen molar-refractivity contribution in [3.63, 3.8) is 0 Å². The Morgan fingerprint density at radius 1 is 0.865 bits per heavy atom. The van der Waals surface area contributed by atoms with Gasteiger partial charge in [-0.2, -0.15) is 0 Å². The number of ether oxygens (including phenoxy) is 2. The summed E-state index contributed by atoms with van der Waals surface area (Å²) in [4.78, 5) is 12.5. The average Bonchev–Trinajstić information content (AvgIpc) is 2.89. The summed E-state index contributed by atoms with van der Waals surface area (Å²) in [5, 5.41) is 2.83. The smallest absolute Gasteiger partial charge is 0.221 e. The summed E-state index contributed by atoms with van der Waals surface area (Å²) in [6.45, 7) is 2.95. The van der Waals surface area contributed by atoms with Gasteiger partial charge in [0.2, 0.25) is 5.91 Å². The Hall–Kier alpha value is -4.17. The molecule has 0 saturated carbocycles. The van der Waals surface area contributed by atoms with Crippen molar-refractivity contribution in [3.05, 3.63) is 90.7 Å². The van der Waals surface area contributed by atoms with Crippen molar-refractivity contribution < 1.29 is 27.1 Å². The largest absolute Gasteiger partial charge is 0.492 e. The molecule has 4 aromatic rings. The summed E-state index contributed by atoms with van der Waals surface area (Å²) in [7, 11) is -1.90. The number of nitrogens with one attached hydrogen (secondary N) is 1. The van der Waals surface area contributed by atoms with Gasteiger partial charge in [0.25, 0.3) is 0 Å². The third-order valence-corrected chi connectivity index (χ3v) is 7.50. The zero-order valence-electron chi connectivity index (χ0n) is 20.6. The minimum absolute atomic E-state index is 0.0181. The standard InChI is InChI=1S/C29H26FNO5S/c1-4-37(33,34)24-15-13-21(14-16-24)25-18-26(20-9-6-5-7-10-20)28(35-3)29(27(25)31-19(2)32)36-23-12-8-11-22(30)17-23/h5-18H,4H2,1-3H3,(H,31,32). The molecule has 6 nitrogen and oxygen atoms in total. The summed E-state index contributed by atoms with van der Waals surface area (Å²) in [5.41, 5.74) is 3.01. The fourth-order valence-corrected chi connectivity index (χ4v) is 4.84. The molecule has 0 radical (unpaired) electrons. The highest BCUT2D eigenvalue weighted by Gasteiger charge is 2.24. The monoisotopic (exact) mass is 519 g/mol. The third kappa shape index (κ3) is 5.65. The molecular weight excluding hydrogens is 493 g/mol. The molecule has 190 valence electrons. The van der Waals surface area contributed by atoms with Crippen molar-refractivity contribution in [2.45, 2.75) is 18.7 Å². The van der Waals surface area contributed by atoms with Gasteiger partial charge < -0.3 is 14.8 Å². The summed E-state index contributed by atoms with van der Waals surface area (Å²) in [6.07, 6.45) is 0. The molecule has 0 aliphatic carbocycles. The number of hydrogen-bond acceptors (Lipinski definition) is 5. The molecule has 0 spiro atoms. The Morgan fingerprint density at radius 3 is 2.14 bits per heavy atom. The van der Waals surface area contributed by atoms with E-state index in [9.17, 15) is 17.6 Å². The van der Waals surface area contributed by atoms with Gasteiger partial charge in [0.05, 0.1) is 23.4 Å². The Labute approximate surface area is 215 Å². The minimum Gasteiger partial charge on any atom is -0.492 e. The van der Waals surface area contributed by atoms with Gasteiger partial charge in [0, 0.05) is 24.1 Å². The molecule has 4 aromatic carbocycles. The van der Waals surface area contributed by atoms with E-state index in [4.69, 9.17) is 9.47 Å². The Morgan fingerprint density at radius 2 is 1.54 bits per heavy atom. The fourth-order valence-electron chi connectivity index (χ4n) is 3.96. The average molecular weight is 520 g/mol. The maximum Gasteiger partial charge on any atom is 0.221 e. The van der Waals surface area contributed by atoms with E-state index in [1.807, 2.05) is 36.4 Å². The van der Waals surface area contributed by atoms with E-state index in [1.54, 1.807) is 25.1 Å². The highest BCUT2D eigenvalue weighted by molar-refractivity contribution is 7.91. The number of anilines is 1. The summed E-state index contributed by atoms with van der Waals surface area (Å²) in [5.74, 6) is -0.117. The second-order valence-electron chi connectivity index (χ2n) is 8.24. The molecule has 4 rings (SSSR count). The summed E-state index contributed by atoms with van der Waals surface area (Å²) in [6, 6.07) is 23.4. The van der Waals surface area contributed by atoms with Crippen LogP contribution in [0.2, 0.25) is 0 Å². The van der Waals surface area contributed by atoms with Crippen molar-refractivity contribution in [1.29, 1.82) is 0 Å². The van der Waals surface area contributed by atoms with Gasteiger partial charge in [0.15, 0.2) is 21.3 Å². The predicted octanol–water partition coefficient (Wildman–Crippen LogP) is 6.71. The van der Waals surface area contributed by atoms with E-state index in [0.717, 1.165) is 5.56 Å².